The predicted octanol–water partition coefficient (Wildman–Crippen LogP) is 4.00. The summed E-state index contributed by atoms with van der Waals surface area (Å²) in [6, 6.07) is 11.2. The molecule has 1 heteroatoms. The monoisotopic (exact) mass is 242 g/mol. The first-order chi connectivity index (χ1) is 8.81. The second-order valence-electron chi connectivity index (χ2n) is 6.04. The van der Waals surface area contributed by atoms with Crippen molar-refractivity contribution in [2.45, 2.75) is 44.1 Å². The fourth-order valence-electron chi connectivity index (χ4n) is 3.84. The molecule has 2 aliphatic rings. The first-order valence-electron chi connectivity index (χ1n) is 7.45. The summed E-state index contributed by atoms with van der Waals surface area (Å²) in [5.41, 5.74) is 1.87. The minimum Gasteiger partial charge on any atom is -0.294 e. The van der Waals surface area contributed by atoms with Crippen molar-refractivity contribution in [1.82, 2.24) is 4.90 Å². The van der Waals surface area contributed by atoms with Gasteiger partial charge in [0.1, 0.15) is 0 Å². The summed E-state index contributed by atoms with van der Waals surface area (Å²) in [6.45, 7) is 6.84. The molecule has 18 heavy (non-hydrogen) atoms. The van der Waals surface area contributed by atoms with Gasteiger partial charge in [-0.3, -0.25) is 4.90 Å². The van der Waals surface area contributed by atoms with E-state index >= 15 is 0 Å². The van der Waals surface area contributed by atoms with E-state index in [4.69, 9.17) is 0 Å². The van der Waals surface area contributed by atoms with E-state index < -0.39 is 0 Å². The molecule has 1 aliphatic carbocycles. The third-order valence-electron chi connectivity index (χ3n) is 4.95. The molecule has 0 bridgehead atoms. The molecule has 0 unspecified atom stereocenters. The molecule has 1 saturated heterocycles. The molecule has 1 radical (unpaired) electrons. The van der Waals surface area contributed by atoms with Crippen LogP contribution in [-0.4, -0.2) is 18.0 Å². The van der Waals surface area contributed by atoms with Gasteiger partial charge in [0.2, 0.25) is 0 Å². The summed E-state index contributed by atoms with van der Waals surface area (Å²) in [7, 11) is 0. The molecule has 1 aromatic rings. The zero-order valence-corrected chi connectivity index (χ0v) is 11.3. The Morgan fingerprint density at radius 2 is 1.61 bits per heavy atom. The lowest BCUT2D eigenvalue weighted by molar-refractivity contribution is 0.0596. The maximum atomic E-state index is 4.26. The molecule has 0 atom stereocenters. The van der Waals surface area contributed by atoms with E-state index in [9.17, 15) is 0 Å². The van der Waals surface area contributed by atoms with Crippen molar-refractivity contribution in [1.29, 1.82) is 0 Å². The molecule has 1 aliphatic heterocycles. The third kappa shape index (κ3) is 2.09. The molecular weight excluding hydrogens is 218 g/mol. The van der Waals surface area contributed by atoms with Crippen LogP contribution in [0.5, 0.6) is 0 Å². The maximum absolute atomic E-state index is 4.26. The van der Waals surface area contributed by atoms with Crippen molar-refractivity contribution in [2.75, 3.05) is 13.1 Å². The highest BCUT2D eigenvalue weighted by atomic mass is 15.2. The second kappa shape index (κ2) is 5.05. The summed E-state index contributed by atoms with van der Waals surface area (Å²) in [6.07, 6.45) is 7.91. The van der Waals surface area contributed by atoms with Crippen molar-refractivity contribution in [3.05, 3.63) is 42.8 Å². The lowest BCUT2D eigenvalue weighted by Gasteiger charge is -2.46. The molecule has 1 aromatic carbocycles. The summed E-state index contributed by atoms with van der Waals surface area (Å²) >= 11 is 0. The van der Waals surface area contributed by atoms with Crippen LogP contribution in [0.1, 0.15) is 44.1 Å². The van der Waals surface area contributed by atoms with Gasteiger partial charge in [-0.1, -0.05) is 37.3 Å². The largest absolute Gasteiger partial charge is 0.294 e. The second-order valence-corrected chi connectivity index (χ2v) is 6.04. The van der Waals surface area contributed by atoms with Crippen LogP contribution >= 0.6 is 0 Å². The summed E-state index contributed by atoms with van der Waals surface area (Å²) in [5, 5.41) is 0. The molecule has 0 N–H and O–H groups in total. The predicted molar refractivity (Wildman–Crippen MR) is 76.2 cm³/mol. The van der Waals surface area contributed by atoms with Gasteiger partial charge in [-0.2, -0.15) is 0 Å². The molecule has 2 fully saturated rings. The van der Waals surface area contributed by atoms with Crippen molar-refractivity contribution in [3.8, 4) is 0 Å². The zero-order chi connectivity index (χ0) is 12.4. The van der Waals surface area contributed by atoms with Crippen LogP contribution in [-0.2, 0) is 5.54 Å². The first kappa shape index (κ1) is 12.2. The molecule has 1 saturated carbocycles. The summed E-state index contributed by atoms with van der Waals surface area (Å²) < 4.78 is 0. The molecular formula is C17H24N. The number of benzene rings is 1. The van der Waals surface area contributed by atoms with Gasteiger partial charge < -0.3 is 0 Å². The average molecular weight is 242 g/mol. The third-order valence-corrected chi connectivity index (χ3v) is 4.95. The van der Waals surface area contributed by atoms with Crippen LogP contribution in [0.15, 0.2) is 30.3 Å². The smallest absolute Gasteiger partial charge is 0.0460 e. The Kier molecular flexibility index (Phi) is 3.43. The van der Waals surface area contributed by atoms with E-state index in [-0.39, 0.29) is 0 Å². The van der Waals surface area contributed by atoms with Gasteiger partial charge in [-0.15, -0.1) is 0 Å². The van der Waals surface area contributed by atoms with Gasteiger partial charge in [0, 0.05) is 5.54 Å². The summed E-state index contributed by atoms with van der Waals surface area (Å²) in [5.74, 6) is 0.671. The lowest BCUT2D eigenvalue weighted by atomic mass is 9.72. The normalized spacial score (nSPS) is 33.7. The lowest BCUT2D eigenvalue weighted by Crippen LogP contribution is -2.46. The number of rotatable bonds is 2. The standard InChI is InChI=1S/C17H24N/c1-15-9-11-17(12-10-15,18-13-5-6-14-18)16-7-3-2-4-8-16/h2-4,7-8,15H,1,5-6,9-14H2. The van der Waals surface area contributed by atoms with E-state index in [0.29, 0.717) is 11.5 Å². The van der Waals surface area contributed by atoms with Crippen molar-refractivity contribution in [3.63, 3.8) is 0 Å². The van der Waals surface area contributed by atoms with E-state index in [2.05, 4.69) is 42.2 Å². The molecule has 0 aromatic heterocycles. The van der Waals surface area contributed by atoms with Crippen LogP contribution in [0.3, 0.4) is 0 Å². The Morgan fingerprint density at radius 1 is 1.00 bits per heavy atom. The molecule has 3 rings (SSSR count). The minimum atomic E-state index is 0.325. The fraction of sp³-hybridized carbons (Fsp3) is 0.588. The topological polar surface area (TPSA) is 3.24 Å². The zero-order valence-electron chi connectivity index (χ0n) is 11.3. The van der Waals surface area contributed by atoms with Gasteiger partial charge in [0.15, 0.2) is 0 Å². The highest BCUT2D eigenvalue weighted by Gasteiger charge is 2.41. The van der Waals surface area contributed by atoms with Gasteiger partial charge in [0.25, 0.3) is 0 Å². The Morgan fingerprint density at radius 3 is 2.22 bits per heavy atom. The van der Waals surface area contributed by atoms with Gasteiger partial charge in [-0.25, -0.2) is 0 Å². The average Bonchev–Trinajstić information content (AvgIpc) is 2.95. The van der Waals surface area contributed by atoms with Crippen LogP contribution < -0.4 is 0 Å². The Bertz CT molecular complexity index is 370. The van der Waals surface area contributed by atoms with E-state index in [1.165, 1.54) is 51.6 Å². The van der Waals surface area contributed by atoms with Gasteiger partial charge in [-0.05, 0) is 63.1 Å². The minimum absolute atomic E-state index is 0.325. The number of likely N-dealkylation sites (tertiary alicyclic amines) is 1. The van der Waals surface area contributed by atoms with E-state index in [1.807, 2.05) is 0 Å². The van der Waals surface area contributed by atoms with Gasteiger partial charge >= 0.3 is 0 Å². The number of hydrogen-bond donors (Lipinski definition) is 0. The summed E-state index contributed by atoms with van der Waals surface area (Å²) in [4.78, 5) is 2.76. The maximum Gasteiger partial charge on any atom is 0.0460 e. The van der Waals surface area contributed by atoms with E-state index in [1.54, 1.807) is 5.56 Å². The van der Waals surface area contributed by atoms with Crippen LogP contribution in [0.4, 0.5) is 0 Å². The molecule has 0 amide bonds. The Balaban J connectivity index is 1.92. The van der Waals surface area contributed by atoms with Crippen molar-refractivity contribution in [2.24, 2.45) is 5.92 Å². The SMILES string of the molecule is [CH2]C1CCC(c2ccccc2)(N2CCCC2)CC1. The highest BCUT2D eigenvalue weighted by Crippen LogP contribution is 2.45. The Hall–Kier alpha value is -0.820. The number of nitrogens with zero attached hydrogens (tertiary/aromatic N) is 1. The quantitative estimate of drug-likeness (QED) is 0.757. The first-order valence-corrected chi connectivity index (χ1v) is 7.45. The van der Waals surface area contributed by atoms with Crippen LogP contribution in [0.25, 0.3) is 0 Å². The fourth-order valence-corrected chi connectivity index (χ4v) is 3.84. The molecule has 1 heterocycles. The number of hydrogen-bond acceptors (Lipinski definition) is 1. The molecule has 1 nitrogen and oxygen atoms in total. The van der Waals surface area contributed by atoms with Gasteiger partial charge in [0.05, 0.1) is 0 Å². The van der Waals surface area contributed by atoms with E-state index in [0.717, 1.165) is 0 Å². The molecule has 0 spiro atoms. The Labute approximate surface area is 111 Å². The van der Waals surface area contributed by atoms with Crippen LogP contribution in [0.2, 0.25) is 0 Å². The van der Waals surface area contributed by atoms with Crippen molar-refractivity contribution >= 4 is 0 Å². The highest BCUT2D eigenvalue weighted by molar-refractivity contribution is 5.26. The van der Waals surface area contributed by atoms with Crippen LogP contribution in [0, 0.1) is 12.8 Å². The van der Waals surface area contributed by atoms with Crippen molar-refractivity contribution < 1.29 is 0 Å². The molecule has 97 valence electrons.